The Bertz CT molecular complexity index is 389. The predicted octanol–water partition coefficient (Wildman–Crippen LogP) is 1.66. The molecule has 0 N–H and O–H groups in total. The van der Waals surface area contributed by atoms with E-state index in [1.807, 2.05) is 11.8 Å². The molecule has 4 atom stereocenters. The first-order chi connectivity index (χ1) is 9.95. The van der Waals surface area contributed by atoms with Crippen LogP contribution >= 0.6 is 0 Å². The molecule has 2 saturated heterocycles. The van der Waals surface area contributed by atoms with Crippen molar-refractivity contribution in [1.29, 1.82) is 0 Å². The van der Waals surface area contributed by atoms with Gasteiger partial charge in [-0.05, 0) is 46.5 Å². The maximum Gasteiger partial charge on any atom is 0.310 e. The van der Waals surface area contributed by atoms with Crippen molar-refractivity contribution in [1.82, 2.24) is 9.80 Å². The number of hydrogen-bond donors (Lipinski definition) is 0. The zero-order valence-electron chi connectivity index (χ0n) is 13.7. The molecule has 2 aliphatic heterocycles. The van der Waals surface area contributed by atoms with E-state index in [4.69, 9.17) is 4.74 Å². The number of ether oxygens (including phenoxy) is 1. The molecule has 3 unspecified atom stereocenters. The van der Waals surface area contributed by atoms with E-state index in [9.17, 15) is 9.59 Å². The van der Waals surface area contributed by atoms with Crippen LogP contribution in [-0.2, 0) is 14.3 Å². The van der Waals surface area contributed by atoms with E-state index in [0.29, 0.717) is 18.6 Å². The third-order valence-corrected chi connectivity index (χ3v) is 5.09. The van der Waals surface area contributed by atoms with E-state index >= 15 is 0 Å². The second-order valence-corrected chi connectivity index (χ2v) is 6.55. The Labute approximate surface area is 127 Å². The molecule has 0 spiro atoms. The molecule has 0 radical (unpaired) electrons. The molecule has 5 nitrogen and oxygen atoms in total. The lowest BCUT2D eigenvalue weighted by Crippen LogP contribution is -2.53. The Balaban J connectivity index is 2.00. The van der Waals surface area contributed by atoms with Crippen LogP contribution in [0.4, 0.5) is 0 Å². The van der Waals surface area contributed by atoms with Crippen LogP contribution in [0.15, 0.2) is 0 Å². The highest BCUT2D eigenvalue weighted by Crippen LogP contribution is 2.27. The minimum atomic E-state index is -0.192. The number of carbonyl (C=O) groups is 2. The highest BCUT2D eigenvalue weighted by molar-refractivity contribution is 5.82. The van der Waals surface area contributed by atoms with Gasteiger partial charge in [0.15, 0.2) is 0 Å². The molecular formula is C16H28N2O3. The van der Waals surface area contributed by atoms with Crippen LogP contribution < -0.4 is 0 Å². The van der Waals surface area contributed by atoms with Crippen molar-refractivity contribution in [2.45, 2.75) is 64.6 Å². The van der Waals surface area contributed by atoms with Crippen molar-refractivity contribution in [2.24, 2.45) is 5.92 Å². The zero-order chi connectivity index (χ0) is 15.6. The third kappa shape index (κ3) is 3.39. The monoisotopic (exact) mass is 296 g/mol. The van der Waals surface area contributed by atoms with Crippen LogP contribution in [-0.4, -0.2) is 60.0 Å². The number of amides is 1. The summed E-state index contributed by atoms with van der Waals surface area (Å²) in [6.07, 6.45) is 4.01. The summed E-state index contributed by atoms with van der Waals surface area (Å²) in [5, 5.41) is 0. The highest BCUT2D eigenvalue weighted by Gasteiger charge is 2.38. The van der Waals surface area contributed by atoms with Crippen LogP contribution in [0.2, 0.25) is 0 Å². The van der Waals surface area contributed by atoms with E-state index < -0.39 is 0 Å². The molecule has 2 heterocycles. The van der Waals surface area contributed by atoms with Crippen molar-refractivity contribution in [3.8, 4) is 0 Å². The number of methoxy groups -OCH3 is 1. The molecule has 21 heavy (non-hydrogen) atoms. The quantitative estimate of drug-likeness (QED) is 0.743. The first kappa shape index (κ1) is 16.3. The Morgan fingerprint density at radius 3 is 2.33 bits per heavy atom. The van der Waals surface area contributed by atoms with Gasteiger partial charge in [-0.3, -0.25) is 14.5 Å². The fourth-order valence-corrected chi connectivity index (χ4v) is 3.91. The first-order valence-corrected chi connectivity index (χ1v) is 8.09. The summed E-state index contributed by atoms with van der Waals surface area (Å²) in [5.41, 5.74) is 0. The molecule has 0 aliphatic carbocycles. The normalized spacial score (nSPS) is 32.0. The van der Waals surface area contributed by atoms with E-state index in [-0.39, 0.29) is 23.8 Å². The maximum absolute atomic E-state index is 12.8. The second kappa shape index (κ2) is 6.77. The van der Waals surface area contributed by atoms with Gasteiger partial charge in [-0.1, -0.05) is 0 Å². The molecule has 0 bridgehead atoms. The minimum Gasteiger partial charge on any atom is -0.469 e. The lowest BCUT2D eigenvalue weighted by molar-refractivity contribution is -0.150. The summed E-state index contributed by atoms with van der Waals surface area (Å²) in [6.45, 7) is 7.66. The Morgan fingerprint density at radius 1 is 1.14 bits per heavy atom. The van der Waals surface area contributed by atoms with Crippen LogP contribution in [0.5, 0.6) is 0 Å². The van der Waals surface area contributed by atoms with Crippen molar-refractivity contribution in [3.05, 3.63) is 0 Å². The van der Waals surface area contributed by atoms with Crippen LogP contribution in [0, 0.1) is 5.92 Å². The lowest BCUT2D eigenvalue weighted by Gasteiger charge is -2.38. The number of hydrogen-bond acceptors (Lipinski definition) is 4. The number of rotatable bonds is 3. The molecule has 0 aromatic rings. The SMILES string of the molecule is COC(=O)[C@H]1CCCN(C(=O)C(C)N2C(C)CCC2C)C1. The van der Waals surface area contributed by atoms with Gasteiger partial charge in [0.05, 0.1) is 19.1 Å². The largest absolute Gasteiger partial charge is 0.469 e. The number of piperidine rings is 1. The maximum atomic E-state index is 12.8. The summed E-state index contributed by atoms with van der Waals surface area (Å²) in [6, 6.07) is 0.814. The molecule has 5 heteroatoms. The van der Waals surface area contributed by atoms with Gasteiger partial charge in [0.2, 0.25) is 5.91 Å². The van der Waals surface area contributed by atoms with Crippen LogP contribution in [0.25, 0.3) is 0 Å². The van der Waals surface area contributed by atoms with Gasteiger partial charge in [0.25, 0.3) is 0 Å². The minimum absolute atomic E-state index is 0.103. The number of nitrogens with zero attached hydrogens (tertiary/aromatic N) is 2. The summed E-state index contributed by atoms with van der Waals surface area (Å²) < 4.78 is 4.82. The molecule has 2 aliphatic rings. The van der Waals surface area contributed by atoms with Crippen molar-refractivity contribution < 1.29 is 14.3 Å². The molecule has 0 saturated carbocycles. The molecule has 0 aromatic carbocycles. The molecular weight excluding hydrogens is 268 g/mol. The van der Waals surface area contributed by atoms with E-state index in [1.54, 1.807) is 0 Å². The van der Waals surface area contributed by atoms with Gasteiger partial charge in [-0.15, -0.1) is 0 Å². The topological polar surface area (TPSA) is 49.9 Å². The zero-order valence-corrected chi connectivity index (χ0v) is 13.7. The Hall–Kier alpha value is -1.10. The Morgan fingerprint density at radius 2 is 1.76 bits per heavy atom. The van der Waals surface area contributed by atoms with Gasteiger partial charge >= 0.3 is 5.97 Å². The van der Waals surface area contributed by atoms with Gasteiger partial charge in [0, 0.05) is 25.2 Å². The second-order valence-electron chi connectivity index (χ2n) is 6.55. The molecule has 120 valence electrons. The summed E-state index contributed by atoms with van der Waals surface area (Å²) in [4.78, 5) is 28.6. The smallest absolute Gasteiger partial charge is 0.310 e. The molecule has 2 rings (SSSR count). The number of likely N-dealkylation sites (tertiary alicyclic amines) is 2. The highest BCUT2D eigenvalue weighted by atomic mass is 16.5. The molecule has 1 amide bonds. The summed E-state index contributed by atoms with van der Waals surface area (Å²) >= 11 is 0. The fourth-order valence-electron chi connectivity index (χ4n) is 3.91. The van der Waals surface area contributed by atoms with E-state index in [0.717, 1.165) is 32.2 Å². The number of esters is 1. The average molecular weight is 296 g/mol. The van der Waals surface area contributed by atoms with Crippen molar-refractivity contribution >= 4 is 11.9 Å². The third-order valence-electron chi connectivity index (χ3n) is 5.09. The summed E-state index contributed by atoms with van der Waals surface area (Å²) in [7, 11) is 1.42. The van der Waals surface area contributed by atoms with Gasteiger partial charge in [0.1, 0.15) is 0 Å². The van der Waals surface area contributed by atoms with Gasteiger partial charge in [-0.2, -0.15) is 0 Å². The van der Waals surface area contributed by atoms with E-state index in [2.05, 4.69) is 18.7 Å². The standard InChI is InChI=1S/C16H28N2O3/c1-11-7-8-12(2)18(11)13(3)15(19)17-9-5-6-14(10-17)16(20)21-4/h11-14H,5-10H2,1-4H3/t11?,12?,13?,14-/m0/s1. The van der Waals surface area contributed by atoms with Gasteiger partial charge in [-0.25, -0.2) is 0 Å². The first-order valence-electron chi connectivity index (χ1n) is 8.09. The van der Waals surface area contributed by atoms with Crippen molar-refractivity contribution in [3.63, 3.8) is 0 Å². The molecule has 0 aromatic heterocycles. The van der Waals surface area contributed by atoms with Crippen molar-refractivity contribution in [2.75, 3.05) is 20.2 Å². The molecule has 2 fully saturated rings. The predicted molar refractivity (Wildman–Crippen MR) is 80.8 cm³/mol. The fraction of sp³-hybridized carbons (Fsp3) is 0.875. The van der Waals surface area contributed by atoms with Gasteiger partial charge < -0.3 is 9.64 Å². The van der Waals surface area contributed by atoms with E-state index in [1.165, 1.54) is 7.11 Å². The average Bonchev–Trinajstić information content (AvgIpc) is 2.84. The Kier molecular flexibility index (Phi) is 5.25. The van der Waals surface area contributed by atoms with Crippen LogP contribution in [0.3, 0.4) is 0 Å². The lowest BCUT2D eigenvalue weighted by atomic mass is 9.97. The number of carbonyl (C=O) groups excluding carboxylic acids is 2. The van der Waals surface area contributed by atoms with Crippen LogP contribution in [0.1, 0.15) is 46.5 Å². The summed E-state index contributed by atoms with van der Waals surface area (Å²) in [5.74, 6) is -0.194.